The van der Waals surface area contributed by atoms with Crippen LogP contribution < -0.4 is 0 Å². The van der Waals surface area contributed by atoms with E-state index in [9.17, 15) is 4.21 Å². The first-order valence-corrected chi connectivity index (χ1v) is 3.98. The molecule has 1 heterocycles. The van der Waals surface area contributed by atoms with Crippen molar-refractivity contribution < 1.29 is 4.21 Å². The van der Waals surface area contributed by atoms with Crippen LogP contribution >= 0.6 is 11.8 Å². The molecule has 1 atom stereocenters. The van der Waals surface area contributed by atoms with Gasteiger partial charge >= 0.3 is 0 Å². The molecule has 1 rings (SSSR count). The highest BCUT2D eigenvalue weighted by Gasteiger charge is 1.97. The van der Waals surface area contributed by atoms with Gasteiger partial charge in [-0.1, -0.05) is 0 Å². The van der Waals surface area contributed by atoms with Crippen molar-refractivity contribution in [3.8, 4) is 0 Å². The molecule has 34 valence electrons. The highest BCUT2D eigenvalue weighted by atomic mass is 32.2. The smallest absolute Gasteiger partial charge is 0.0774 e. The topological polar surface area (TPSA) is 17.1 Å². The van der Waals surface area contributed by atoms with Crippen molar-refractivity contribution in [2.24, 2.45) is 0 Å². The molecule has 0 spiro atoms. The summed E-state index contributed by atoms with van der Waals surface area (Å²) in [7, 11) is -0.640. The Morgan fingerprint density at radius 2 is 2.67 bits per heavy atom. The Balaban J connectivity index is 2.59. The van der Waals surface area contributed by atoms with Crippen molar-refractivity contribution in [1.82, 2.24) is 0 Å². The number of hydrogen-bond acceptors (Lipinski definition) is 2. The number of thioether (sulfide) groups is 1. The van der Waals surface area contributed by atoms with Crippen molar-refractivity contribution in [1.29, 1.82) is 0 Å². The van der Waals surface area contributed by atoms with Crippen molar-refractivity contribution in [2.45, 2.75) is 0 Å². The lowest BCUT2D eigenvalue weighted by Gasteiger charge is -1.73. The van der Waals surface area contributed by atoms with Gasteiger partial charge < -0.3 is 0 Å². The molecule has 0 aromatic carbocycles. The Morgan fingerprint density at radius 3 is 2.83 bits per heavy atom. The molecular formula is C3H4OS2. The van der Waals surface area contributed by atoms with Crippen LogP contribution in [0, 0.1) is 0 Å². The van der Waals surface area contributed by atoms with Gasteiger partial charge in [-0.25, -0.2) is 0 Å². The fourth-order valence-corrected chi connectivity index (χ4v) is 2.22. The molecule has 1 aliphatic rings. The SMILES string of the molecule is O=S1C=CSC1. The summed E-state index contributed by atoms with van der Waals surface area (Å²) in [5.41, 5.74) is 0. The monoisotopic (exact) mass is 120 g/mol. The van der Waals surface area contributed by atoms with E-state index in [1.165, 1.54) is 0 Å². The summed E-state index contributed by atoms with van der Waals surface area (Å²) in [5.74, 6) is 0. The molecule has 0 N–H and O–H groups in total. The van der Waals surface area contributed by atoms with Gasteiger partial charge in [0.2, 0.25) is 0 Å². The second-order valence-electron chi connectivity index (χ2n) is 0.937. The van der Waals surface area contributed by atoms with E-state index < -0.39 is 10.8 Å². The summed E-state index contributed by atoms with van der Waals surface area (Å²) in [6.07, 6.45) is 0. The second kappa shape index (κ2) is 1.80. The maximum absolute atomic E-state index is 10.2. The summed E-state index contributed by atoms with van der Waals surface area (Å²) in [6.45, 7) is 0. The van der Waals surface area contributed by atoms with E-state index in [1.54, 1.807) is 17.2 Å². The molecule has 0 radical (unpaired) electrons. The van der Waals surface area contributed by atoms with Crippen molar-refractivity contribution >= 4 is 22.6 Å². The molecule has 3 heteroatoms. The van der Waals surface area contributed by atoms with Crippen LogP contribution in [0.1, 0.15) is 0 Å². The third-order valence-corrected chi connectivity index (χ3v) is 2.90. The van der Waals surface area contributed by atoms with E-state index in [1.807, 2.05) is 5.41 Å². The lowest BCUT2D eigenvalue weighted by molar-refractivity contribution is 0.691. The molecule has 6 heavy (non-hydrogen) atoms. The van der Waals surface area contributed by atoms with E-state index in [-0.39, 0.29) is 0 Å². The lowest BCUT2D eigenvalue weighted by atomic mass is 11.3. The van der Waals surface area contributed by atoms with Crippen LogP contribution in [0.15, 0.2) is 10.8 Å². The maximum atomic E-state index is 10.2. The Kier molecular flexibility index (Phi) is 1.32. The first-order valence-electron chi connectivity index (χ1n) is 1.55. The number of hydrogen-bond donors (Lipinski definition) is 0. The van der Waals surface area contributed by atoms with E-state index in [0.717, 1.165) is 5.08 Å². The molecule has 1 aliphatic heterocycles. The molecule has 1 nitrogen and oxygen atoms in total. The molecular weight excluding hydrogens is 116 g/mol. The minimum atomic E-state index is -0.640. The van der Waals surface area contributed by atoms with Gasteiger partial charge in [0, 0.05) is 5.41 Å². The predicted molar refractivity (Wildman–Crippen MR) is 29.7 cm³/mol. The molecule has 0 bridgehead atoms. The summed E-state index contributed by atoms with van der Waals surface area (Å²) < 4.78 is 10.2. The third-order valence-electron chi connectivity index (χ3n) is 0.488. The van der Waals surface area contributed by atoms with Gasteiger partial charge in [0.1, 0.15) is 0 Å². The standard InChI is InChI=1S/C3H4OS2/c4-6-2-1-5-3-6/h1-2H,3H2. The van der Waals surface area contributed by atoms with Crippen LogP contribution in [0.4, 0.5) is 0 Å². The fraction of sp³-hybridized carbons (Fsp3) is 0.333. The van der Waals surface area contributed by atoms with Gasteiger partial charge in [0.15, 0.2) is 0 Å². The van der Waals surface area contributed by atoms with Crippen molar-refractivity contribution in [2.75, 3.05) is 5.08 Å². The van der Waals surface area contributed by atoms with Gasteiger partial charge in [0.05, 0.1) is 15.9 Å². The van der Waals surface area contributed by atoms with Gasteiger partial charge in [-0.15, -0.1) is 11.8 Å². The molecule has 0 aliphatic carbocycles. The van der Waals surface area contributed by atoms with E-state index in [2.05, 4.69) is 0 Å². The Hall–Kier alpha value is 0.240. The fourth-order valence-electron chi connectivity index (χ4n) is 0.247. The first-order chi connectivity index (χ1) is 2.89. The van der Waals surface area contributed by atoms with Crippen LogP contribution in [0.25, 0.3) is 0 Å². The lowest BCUT2D eigenvalue weighted by Crippen LogP contribution is -1.76. The van der Waals surface area contributed by atoms with Gasteiger partial charge in [-0.05, 0) is 5.41 Å². The summed E-state index contributed by atoms with van der Waals surface area (Å²) in [4.78, 5) is 0. The molecule has 0 fully saturated rings. The van der Waals surface area contributed by atoms with E-state index >= 15 is 0 Å². The summed E-state index contributed by atoms with van der Waals surface area (Å²) in [6, 6.07) is 0. The third kappa shape index (κ3) is 0.849. The maximum Gasteiger partial charge on any atom is 0.0774 e. The Morgan fingerprint density at radius 1 is 1.83 bits per heavy atom. The van der Waals surface area contributed by atoms with Crippen LogP contribution in [-0.2, 0) is 10.8 Å². The van der Waals surface area contributed by atoms with Crippen LogP contribution in [0.5, 0.6) is 0 Å². The van der Waals surface area contributed by atoms with Gasteiger partial charge in [0.25, 0.3) is 0 Å². The van der Waals surface area contributed by atoms with Gasteiger partial charge in [-0.2, -0.15) is 0 Å². The quantitative estimate of drug-likeness (QED) is 0.472. The Labute approximate surface area is 43.3 Å². The number of rotatable bonds is 0. The molecule has 0 saturated heterocycles. The molecule has 0 saturated carbocycles. The summed E-state index contributed by atoms with van der Waals surface area (Å²) in [5, 5.41) is 4.35. The van der Waals surface area contributed by atoms with Crippen LogP contribution in [0.3, 0.4) is 0 Å². The highest BCUT2D eigenvalue weighted by Crippen LogP contribution is 2.12. The van der Waals surface area contributed by atoms with Crippen molar-refractivity contribution in [3.63, 3.8) is 0 Å². The normalized spacial score (nSPS) is 31.7. The molecule has 0 amide bonds. The average molecular weight is 120 g/mol. The van der Waals surface area contributed by atoms with E-state index in [4.69, 9.17) is 0 Å². The van der Waals surface area contributed by atoms with Crippen LogP contribution in [-0.4, -0.2) is 9.29 Å². The molecule has 0 aromatic heterocycles. The van der Waals surface area contributed by atoms with E-state index in [0.29, 0.717) is 0 Å². The molecule has 1 unspecified atom stereocenters. The highest BCUT2D eigenvalue weighted by molar-refractivity contribution is 8.15. The minimum absolute atomic E-state index is 0.640. The minimum Gasteiger partial charge on any atom is -0.254 e. The molecule has 0 aromatic rings. The zero-order valence-corrected chi connectivity index (χ0v) is 4.72. The van der Waals surface area contributed by atoms with Gasteiger partial charge in [-0.3, -0.25) is 4.21 Å². The van der Waals surface area contributed by atoms with Crippen molar-refractivity contribution in [3.05, 3.63) is 10.8 Å². The van der Waals surface area contributed by atoms with Crippen LogP contribution in [0.2, 0.25) is 0 Å². The zero-order chi connectivity index (χ0) is 4.41. The Bertz CT molecular complexity index is 97.0. The first kappa shape index (κ1) is 4.40. The average Bonchev–Trinajstić information content (AvgIpc) is 1.86. The zero-order valence-electron chi connectivity index (χ0n) is 3.09. The summed E-state index contributed by atoms with van der Waals surface area (Å²) >= 11 is 1.60. The largest absolute Gasteiger partial charge is 0.254 e. The predicted octanol–water partition coefficient (Wildman–Crippen LogP) is 0.911. The second-order valence-corrected chi connectivity index (χ2v) is 3.52.